The van der Waals surface area contributed by atoms with E-state index in [9.17, 15) is 9.18 Å². The first-order valence-electron chi connectivity index (χ1n) is 9.67. The molecule has 2 aromatic rings. The second-order valence-corrected chi connectivity index (χ2v) is 7.08. The maximum Gasteiger partial charge on any atom is 0.272 e. The number of nitrogens with one attached hydrogen (secondary N) is 1. The predicted octanol–water partition coefficient (Wildman–Crippen LogP) is 1.95. The van der Waals surface area contributed by atoms with Gasteiger partial charge in [-0.05, 0) is 49.9 Å². The molecule has 0 unspecified atom stereocenters. The Hall–Kier alpha value is -2.25. The lowest BCUT2D eigenvalue weighted by Gasteiger charge is -2.26. The van der Waals surface area contributed by atoms with E-state index in [1.807, 2.05) is 4.68 Å². The molecular formula is C20H25FN4O2. The lowest BCUT2D eigenvalue weighted by molar-refractivity contribution is 0.0383. The number of nitrogens with zero attached hydrogens (tertiary/aromatic N) is 3. The van der Waals surface area contributed by atoms with Gasteiger partial charge in [-0.25, -0.2) is 9.07 Å². The fourth-order valence-corrected chi connectivity index (χ4v) is 3.81. The van der Waals surface area contributed by atoms with Gasteiger partial charge in [-0.15, -0.1) is 0 Å². The Balaban J connectivity index is 1.49. The molecule has 1 aromatic carbocycles. The summed E-state index contributed by atoms with van der Waals surface area (Å²) in [6.07, 6.45) is 3.90. The van der Waals surface area contributed by atoms with E-state index in [1.165, 1.54) is 12.1 Å². The molecule has 1 fully saturated rings. The number of hydrogen-bond donors (Lipinski definition) is 1. The molecule has 1 saturated heterocycles. The molecule has 1 aromatic heterocycles. The van der Waals surface area contributed by atoms with Crippen molar-refractivity contribution in [2.24, 2.45) is 0 Å². The number of halogens is 1. The summed E-state index contributed by atoms with van der Waals surface area (Å²) in [5, 5.41) is 7.62. The summed E-state index contributed by atoms with van der Waals surface area (Å²) in [5.74, 6) is -0.400. The Labute approximate surface area is 158 Å². The van der Waals surface area contributed by atoms with Crippen molar-refractivity contribution in [2.45, 2.75) is 25.7 Å². The Bertz CT molecular complexity index is 797. The zero-order valence-electron chi connectivity index (χ0n) is 15.4. The van der Waals surface area contributed by atoms with Gasteiger partial charge in [0, 0.05) is 37.4 Å². The van der Waals surface area contributed by atoms with Gasteiger partial charge in [0.05, 0.1) is 18.9 Å². The molecule has 0 saturated carbocycles. The minimum Gasteiger partial charge on any atom is -0.379 e. The van der Waals surface area contributed by atoms with Crippen molar-refractivity contribution in [3.05, 3.63) is 47.0 Å². The van der Waals surface area contributed by atoms with Crippen LogP contribution < -0.4 is 5.32 Å². The summed E-state index contributed by atoms with van der Waals surface area (Å²) < 4.78 is 20.4. The van der Waals surface area contributed by atoms with E-state index in [2.05, 4.69) is 15.3 Å². The van der Waals surface area contributed by atoms with Crippen molar-refractivity contribution in [1.82, 2.24) is 20.0 Å². The van der Waals surface area contributed by atoms with Crippen LogP contribution in [0.5, 0.6) is 0 Å². The number of benzene rings is 1. The summed E-state index contributed by atoms with van der Waals surface area (Å²) in [5.41, 5.74) is 3.42. The van der Waals surface area contributed by atoms with E-state index >= 15 is 0 Å². The van der Waals surface area contributed by atoms with Gasteiger partial charge in [-0.2, -0.15) is 5.10 Å². The molecule has 0 atom stereocenters. The smallest absolute Gasteiger partial charge is 0.272 e. The number of morpholine rings is 1. The van der Waals surface area contributed by atoms with E-state index in [0.717, 1.165) is 75.5 Å². The molecule has 0 radical (unpaired) electrons. The van der Waals surface area contributed by atoms with E-state index in [0.29, 0.717) is 12.2 Å². The number of amides is 1. The molecule has 2 aliphatic rings. The molecule has 7 heteroatoms. The third-order valence-electron chi connectivity index (χ3n) is 5.28. The van der Waals surface area contributed by atoms with Crippen molar-refractivity contribution >= 4 is 5.91 Å². The highest BCUT2D eigenvalue weighted by Gasteiger charge is 2.25. The Morgan fingerprint density at radius 3 is 2.67 bits per heavy atom. The first-order valence-corrected chi connectivity index (χ1v) is 9.67. The van der Waals surface area contributed by atoms with Crippen LogP contribution in [0.15, 0.2) is 24.3 Å². The van der Waals surface area contributed by atoms with Crippen molar-refractivity contribution < 1.29 is 13.9 Å². The standard InChI is InChI=1S/C20H25FN4O2/c21-15-5-7-16(8-6-15)25-18-4-2-1-3-17(18)19(23-25)20(26)22-9-10-24-11-13-27-14-12-24/h5-8H,1-4,9-14H2,(H,22,26). The fraction of sp³-hybridized carbons (Fsp3) is 0.500. The van der Waals surface area contributed by atoms with Crippen LogP contribution >= 0.6 is 0 Å². The lowest BCUT2D eigenvalue weighted by Crippen LogP contribution is -2.41. The first-order chi connectivity index (χ1) is 13.2. The zero-order chi connectivity index (χ0) is 18.6. The van der Waals surface area contributed by atoms with Gasteiger partial charge in [0.2, 0.25) is 0 Å². The number of fused-ring (bicyclic) bond motifs is 1. The maximum absolute atomic E-state index is 13.3. The van der Waals surface area contributed by atoms with Crippen molar-refractivity contribution in [2.75, 3.05) is 39.4 Å². The summed E-state index contributed by atoms with van der Waals surface area (Å²) >= 11 is 0. The van der Waals surface area contributed by atoms with Gasteiger partial charge in [-0.1, -0.05) is 0 Å². The van der Waals surface area contributed by atoms with E-state index < -0.39 is 0 Å². The van der Waals surface area contributed by atoms with Crippen LogP contribution in [0.1, 0.15) is 34.6 Å². The SMILES string of the molecule is O=C(NCCN1CCOCC1)c1nn(-c2ccc(F)cc2)c2c1CCCC2. The second kappa shape index (κ2) is 8.19. The molecule has 1 amide bonds. The third-order valence-corrected chi connectivity index (χ3v) is 5.28. The summed E-state index contributed by atoms with van der Waals surface area (Å²) in [6.45, 7) is 4.73. The lowest BCUT2D eigenvalue weighted by atomic mass is 9.95. The Kier molecular flexibility index (Phi) is 5.50. The monoisotopic (exact) mass is 372 g/mol. The predicted molar refractivity (Wildman–Crippen MR) is 99.8 cm³/mol. The van der Waals surface area contributed by atoms with E-state index in [4.69, 9.17) is 4.74 Å². The topological polar surface area (TPSA) is 59.4 Å². The minimum atomic E-state index is -0.277. The maximum atomic E-state index is 13.3. The molecule has 1 N–H and O–H groups in total. The molecule has 144 valence electrons. The second-order valence-electron chi connectivity index (χ2n) is 7.08. The van der Waals surface area contributed by atoms with Crippen LogP contribution in [-0.4, -0.2) is 60.0 Å². The zero-order valence-corrected chi connectivity index (χ0v) is 15.4. The number of hydrogen-bond acceptors (Lipinski definition) is 4. The number of aromatic nitrogens is 2. The van der Waals surface area contributed by atoms with Crippen LogP contribution in [0.4, 0.5) is 4.39 Å². The molecule has 0 bridgehead atoms. The molecule has 1 aliphatic carbocycles. The normalized spacial score (nSPS) is 17.5. The van der Waals surface area contributed by atoms with Crippen molar-refractivity contribution in [1.29, 1.82) is 0 Å². The summed E-state index contributed by atoms with van der Waals surface area (Å²) in [7, 11) is 0. The number of rotatable bonds is 5. The minimum absolute atomic E-state index is 0.123. The number of ether oxygens (including phenoxy) is 1. The number of carbonyl (C=O) groups is 1. The average Bonchev–Trinajstić information content (AvgIpc) is 3.09. The van der Waals surface area contributed by atoms with Gasteiger partial charge >= 0.3 is 0 Å². The summed E-state index contributed by atoms with van der Waals surface area (Å²) in [4.78, 5) is 15.1. The average molecular weight is 372 g/mol. The molecule has 27 heavy (non-hydrogen) atoms. The van der Waals surface area contributed by atoms with Crippen LogP contribution in [0, 0.1) is 5.82 Å². The highest BCUT2D eigenvalue weighted by Crippen LogP contribution is 2.27. The molecule has 1 aliphatic heterocycles. The quantitative estimate of drug-likeness (QED) is 0.872. The molecule has 0 spiro atoms. The largest absolute Gasteiger partial charge is 0.379 e. The van der Waals surface area contributed by atoms with Crippen LogP contribution in [-0.2, 0) is 17.6 Å². The highest BCUT2D eigenvalue weighted by atomic mass is 19.1. The highest BCUT2D eigenvalue weighted by molar-refractivity contribution is 5.94. The Morgan fingerprint density at radius 1 is 1.15 bits per heavy atom. The number of carbonyl (C=O) groups excluding carboxylic acids is 1. The molecule has 4 rings (SSSR count). The van der Waals surface area contributed by atoms with E-state index in [1.54, 1.807) is 12.1 Å². The van der Waals surface area contributed by atoms with Crippen molar-refractivity contribution in [3.63, 3.8) is 0 Å². The van der Waals surface area contributed by atoms with E-state index in [-0.39, 0.29) is 11.7 Å². The van der Waals surface area contributed by atoms with Gasteiger partial charge in [0.15, 0.2) is 5.69 Å². The third kappa shape index (κ3) is 4.04. The van der Waals surface area contributed by atoms with Crippen LogP contribution in [0.2, 0.25) is 0 Å². The van der Waals surface area contributed by atoms with Gasteiger partial charge in [-0.3, -0.25) is 9.69 Å². The van der Waals surface area contributed by atoms with Crippen molar-refractivity contribution in [3.8, 4) is 5.69 Å². The molecular weight excluding hydrogens is 347 g/mol. The summed E-state index contributed by atoms with van der Waals surface area (Å²) in [6, 6.07) is 6.26. The molecule has 6 nitrogen and oxygen atoms in total. The Morgan fingerprint density at radius 2 is 1.89 bits per heavy atom. The van der Waals surface area contributed by atoms with Gasteiger partial charge in [0.25, 0.3) is 5.91 Å². The molecule has 2 heterocycles. The van der Waals surface area contributed by atoms with Crippen LogP contribution in [0.3, 0.4) is 0 Å². The first kappa shape index (κ1) is 18.1. The van der Waals surface area contributed by atoms with Crippen LogP contribution in [0.25, 0.3) is 5.69 Å². The van der Waals surface area contributed by atoms with Gasteiger partial charge < -0.3 is 10.1 Å². The fourth-order valence-electron chi connectivity index (χ4n) is 3.81. The van der Waals surface area contributed by atoms with Gasteiger partial charge in [0.1, 0.15) is 5.82 Å².